The molecule has 2 aromatic heterocycles. The molecule has 0 bridgehead atoms. The quantitative estimate of drug-likeness (QED) is 0.333. The lowest BCUT2D eigenvalue weighted by Crippen LogP contribution is -2.37. The highest BCUT2D eigenvalue weighted by atomic mass is 16.3. The first-order chi connectivity index (χ1) is 17.3. The van der Waals surface area contributed by atoms with Crippen LogP contribution in [0.3, 0.4) is 0 Å². The molecule has 0 radical (unpaired) electrons. The number of para-hydroxylation sites is 3. The average Bonchev–Trinajstić information content (AvgIpc) is 3.24. The number of hydrogen-bond donors (Lipinski definition) is 3. The topological polar surface area (TPSA) is 101 Å². The van der Waals surface area contributed by atoms with Gasteiger partial charge in [-0.05, 0) is 30.7 Å². The molecule has 1 aliphatic rings. The summed E-state index contributed by atoms with van der Waals surface area (Å²) in [5.41, 5.74) is 4.82. The molecular formula is C28H24N4O4. The Labute approximate surface area is 205 Å². The summed E-state index contributed by atoms with van der Waals surface area (Å²) in [6.45, 7) is 2.00. The molecule has 0 aliphatic carbocycles. The zero-order valence-corrected chi connectivity index (χ0v) is 20.0. The number of anilines is 1. The molecule has 8 nitrogen and oxygen atoms in total. The van der Waals surface area contributed by atoms with Gasteiger partial charge in [0, 0.05) is 19.7 Å². The number of aromatic nitrogens is 3. The van der Waals surface area contributed by atoms with Crippen LogP contribution < -0.4 is 16.6 Å². The van der Waals surface area contributed by atoms with Gasteiger partial charge in [-0.15, -0.1) is 0 Å². The molecule has 0 saturated heterocycles. The standard InChI is InChI=1S/C28H24N4O4/c1-15-11-13-16(14-12-15)23-21-24(30(2)28(36)31(3)27(21)35)25-22(17-7-6-10-20(33)26(17)34)29-18-8-4-5-9-19(18)32(23)25/h4-14,22,29,33-34H,1-3H3. The van der Waals surface area contributed by atoms with Gasteiger partial charge >= 0.3 is 5.69 Å². The maximum absolute atomic E-state index is 13.7. The molecular weight excluding hydrogens is 456 g/mol. The zero-order chi connectivity index (χ0) is 25.3. The van der Waals surface area contributed by atoms with Crippen molar-refractivity contribution in [1.29, 1.82) is 0 Å². The van der Waals surface area contributed by atoms with E-state index in [1.165, 1.54) is 17.7 Å². The van der Waals surface area contributed by atoms with Crippen molar-refractivity contribution in [3.8, 4) is 28.4 Å². The highest BCUT2D eigenvalue weighted by molar-refractivity contribution is 5.99. The number of benzene rings is 3. The van der Waals surface area contributed by atoms with E-state index in [1.807, 2.05) is 60.0 Å². The van der Waals surface area contributed by atoms with Crippen LogP contribution in [-0.2, 0) is 14.1 Å². The van der Waals surface area contributed by atoms with E-state index in [-0.39, 0.29) is 11.5 Å². The fourth-order valence-corrected chi connectivity index (χ4v) is 5.22. The van der Waals surface area contributed by atoms with Gasteiger partial charge in [0.25, 0.3) is 5.56 Å². The van der Waals surface area contributed by atoms with Crippen molar-refractivity contribution in [3.05, 3.63) is 104 Å². The van der Waals surface area contributed by atoms with Crippen molar-refractivity contribution in [2.75, 3.05) is 5.32 Å². The number of aryl methyl sites for hydroxylation is 2. The number of rotatable bonds is 2. The Balaban J connectivity index is 1.87. The van der Waals surface area contributed by atoms with Gasteiger partial charge < -0.3 is 20.1 Å². The van der Waals surface area contributed by atoms with Crippen LogP contribution in [0.15, 0.2) is 76.3 Å². The van der Waals surface area contributed by atoms with Crippen LogP contribution >= 0.6 is 0 Å². The smallest absolute Gasteiger partial charge is 0.331 e. The van der Waals surface area contributed by atoms with Crippen LogP contribution in [0, 0.1) is 6.92 Å². The number of nitrogens with zero attached hydrogens (tertiary/aromatic N) is 3. The molecule has 1 atom stereocenters. The minimum atomic E-state index is -0.661. The number of hydrogen-bond acceptors (Lipinski definition) is 5. The van der Waals surface area contributed by atoms with Gasteiger partial charge in [-0.3, -0.25) is 13.9 Å². The number of aromatic hydroxyl groups is 2. The second-order valence-electron chi connectivity index (χ2n) is 9.17. The lowest BCUT2D eigenvalue weighted by molar-refractivity contribution is 0.398. The van der Waals surface area contributed by atoms with Gasteiger partial charge in [-0.2, -0.15) is 0 Å². The summed E-state index contributed by atoms with van der Waals surface area (Å²) in [6.07, 6.45) is 0. The lowest BCUT2D eigenvalue weighted by Gasteiger charge is -2.31. The summed E-state index contributed by atoms with van der Waals surface area (Å²) >= 11 is 0. The first-order valence-electron chi connectivity index (χ1n) is 11.6. The van der Waals surface area contributed by atoms with E-state index in [1.54, 1.807) is 19.2 Å². The number of phenols is 2. The Bertz CT molecular complexity index is 1810. The predicted molar refractivity (Wildman–Crippen MR) is 139 cm³/mol. The summed E-state index contributed by atoms with van der Waals surface area (Å²) in [5, 5.41) is 25.0. The Morgan fingerprint density at radius 2 is 1.58 bits per heavy atom. The van der Waals surface area contributed by atoms with Gasteiger partial charge in [0.15, 0.2) is 11.5 Å². The Morgan fingerprint density at radius 3 is 2.33 bits per heavy atom. The number of nitrogens with one attached hydrogen (secondary N) is 1. The number of phenolic OH excluding ortho intramolecular Hbond substituents is 2. The Kier molecular flexibility index (Phi) is 4.63. The Morgan fingerprint density at radius 1 is 0.861 bits per heavy atom. The first kappa shape index (κ1) is 21.8. The molecule has 0 fully saturated rings. The van der Waals surface area contributed by atoms with Crippen molar-refractivity contribution in [1.82, 2.24) is 13.7 Å². The van der Waals surface area contributed by atoms with Crippen molar-refractivity contribution >= 4 is 16.6 Å². The van der Waals surface area contributed by atoms with Crippen LogP contribution in [0.5, 0.6) is 11.5 Å². The number of fused-ring (bicyclic) bond motifs is 5. The molecule has 6 rings (SSSR count). The molecule has 180 valence electrons. The third-order valence-corrected chi connectivity index (χ3v) is 7.01. The van der Waals surface area contributed by atoms with Crippen LogP contribution in [0.2, 0.25) is 0 Å². The normalized spacial score (nSPS) is 14.4. The van der Waals surface area contributed by atoms with Crippen LogP contribution in [-0.4, -0.2) is 23.9 Å². The monoisotopic (exact) mass is 480 g/mol. The SMILES string of the molecule is Cc1ccc(-c2c3c(=O)n(C)c(=O)n(C)c3c3n2-c2ccccc2NC3c2cccc(O)c2O)cc1. The first-order valence-corrected chi connectivity index (χ1v) is 11.6. The summed E-state index contributed by atoms with van der Waals surface area (Å²) in [5.74, 6) is -0.514. The maximum atomic E-state index is 13.7. The molecule has 1 unspecified atom stereocenters. The molecule has 3 heterocycles. The lowest BCUT2D eigenvalue weighted by atomic mass is 9.98. The molecule has 36 heavy (non-hydrogen) atoms. The van der Waals surface area contributed by atoms with Gasteiger partial charge in [0.05, 0.1) is 39.7 Å². The second-order valence-corrected chi connectivity index (χ2v) is 9.17. The average molecular weight is 481 g/mol. The van der Waals surface area contributed by atoms with E-state index in [4.69, 9.17) is 0 Å². The zero-order valence-electron chi connectivity index (χ0n) is 20.0. The fourth-order valence-electron chi connectivity index (χ4n) is 5.22. The molecule has 5 aromatic rings. The second kappa shape index (κ2) is 7.64. The summed E-state index contributed by atoms with van der Waals surface area (Å²) in [6, 6.07) is 19.7. The third kappa shape index (κ3) is 2.87. The van der Waals surface area contributed by atoms with Crippen molar-refractivity contribution < 1.29 is 10.2 Å². The predicted octanol–water partition coefficient (Wildman–Crippen LogP) is 3.93. The molecule has 3 aromatic carbocycles. The van der Waals surface area contributed by atoms with Gasteiger partial charge in [0.2, 0.25) is 0 Å². The molecule has 0 saturated carbocycles. The highest BCUT2D eigenvalue weighted by Gasteiger charge is 2.36. The van der Waals surface area contributed by atoms with E-state index in [0.717, 1.165) is 27.1 Å². The Hall–Kier alpha value is -4.72. The van der Waals surface area contributed by atoms with E-state index in [9.17, 15) is 19.8 Å². The van der Waals surface area contributed by atoms with E-state index < -0.39 is 17.3 Å². The summed E-state index contributed by atoms with van der Waals surface area (Å²) < 4.78 is 4.59. The van der Waals surface area contributed by atoms with E-state index in [0.29, 0.717) is 27.9 Å². The molecule has 3 N–H and O–H groups in total. The molecule has 0 spiro atoms. The van der Waals surface area contributed by atoms with E-state index in [2.05, 4.69) is 5.32 Å². The van der Waals surface area contributed by atoms with Crippen molar-refractivity contribution in [2.24, 2.45) is 14.1 Å². The maximum Gasteiger partial charge on any atom is 0.331 e. The largest absolute Gasteiger partial charge is 0.504 e. The van der Waals surface area contributed by atoms with Crippen LogP contribution in [0.25, 0.3) is 27.8 Å². The van der Waals surface area contributed by atoms with Gasteiger partial charge in [-0.1, -0.05) is 54.1 Å². The van der Waals surface area contributed by atoms with Gasteiger partial charge in [0.1, 0.15) is 0 Å². The van der Waals surface area contributed by atoms with E-state index >= 15 is 0 Å². The summed E-state index contributed by atoms with van der Waals surface area (Å²) in [4.78, 5) is 26.8. The van der Waals surface area contributed by atoms with Crippen molar-refractivity contribution in [3.63, 3.8) is 0 Å². The molecule has 1 aliphatic heterocycles. The minimum Gasteiger partial charge on any atom is -0.504 e. The minimum absolute atomic E-state index is 0.251. The van der Waals surface area contributed by atoms with Crippen LogP contribution in [0.1, 0.15) is 22.9 Å². The highest BCUT2D eigenvalue weighted by Crippen LogP contribution is 2.47. The van der Waals surface area contributed by atoms with Gasteiger partial charge in [-0.25, -0.2) is 4.79 Å². The fraction of sp³-hybridized carbons (Fsp3) is 0.143. The van der Waals surface area contributed by atoms with Crippen molar-refractivity contribution in [2.45, 2.75) is 13.0 Å². The summed E-state index contributed by atoms with van der Waals surface area (Å²) in [7, 11) is 3.12. The molecule has 0 amide bonds. The molecule has 8 heteroatoms. The van der Waals surface area contributed by atoms with Crippen LogP contribution in [0.4, 0.5) is 5.69 Å². The third-order valence-electron chi connectivity index (χ3n) is 7.01.